The molecule has 0 aromatic heterocycles. The number of hydroxylamine groups is 2. The van der Waals surface area contributed by atoms with Crippen LogP contribution >= 0.6 is 7.60 Å². The monoisotopic (exact) mass is 612 g/mol. The molecule has 1 atom stereocenters. The van der Waals surface area contributed by atoms with Gasteiger partial charge in [-0.05, 0) is 58.7 Å². The highest BCUT2D eigenvalue weighted by Crippen LogP contribution is 2.63. The number of nitrogens with zero attached hydrogens (tertiary/aromatic N) is 1. The van der Waals surface area contributed by atoms with Crippen LogP contribution in [0.5, 0.6) is 0 Å². The van der Waals surface area contributed by atoms with Crippen LogP contribution in [0, 0.1) is 11.6 Å². The van der Waals surface area contributed by atoms with E-state index in [4.69, 9.17) is 32.8 Å². The first kappa shape index (κ1) is 35.5. The Morgan fingerprint density at radius 3 is 1.93 bits per heavy atom. The molecule has 0 saturated carbocycles. The third-order valence-electron chi connectivity index (χ3n) is 4.72. The number of rotatable bonds is 14. The standard InChI is InChI=1S/C24H35F2N2O12P/c1-7-27-22(30)40-28(6)21(29)11-10-20(17-8-9-18(25)19(26)12-17)41(33,36-13-34-23(31)38-15(2)3)37-14-35-24(32)39-16(4)5/h8-9,12,15-16,20H,7,10-11,13-14H2,1-6H3,(H,27,30). The average Bonchev–Trinajstić information content (AvgIpc) is 2.85. The molecule has 0 bridgehead atoms. The van der Waals surface area contributed by atoms with Gasteiger partial charge in [-0.15, -0.1) is 0 Å². The number of ether oxygens (including phenoxy) is 4. The number of nitrogens with one attached hydrogen (secondary N) is 1. The minimum atomic E-state index is -4.64. The van der Waals surface area contributed by atoms with Gasteiger partial charge < -0.3 is 29.1 Å². The molecule has 14 nitrogen and oxygen atoms in total. The molecule has 0 spiro atoms. The summed E-state index contributed by atoms with van der Waals surface area (Å²) in [6.45, 7) is 6.07. The first-order valence-electron chi connectivity index (χ1n) is 12.4. The quantitative estimate of drug-likeness (QED) is 0.127. The normalized spacial score (nSPS) is 12.0. The lowest BCUT2D eigenvalue weighted by Gasteiger charge is -2.27. The maximum Gasteiger partial charge on any atom is 0.510 e. The zero-order valence-corrected chi connectivity index (χ0v) is 24.4. The van der Waals surface area contributed by atoms with Crippen LogP contribution in [0.4, 0.5) is 23.2 Å². The van der Waals surface area contributed by atoms with E-state index in [-0.39, 0.29) is 12.1 Å². The van der Waals surface area contributed by atoms with Crippen LogP contribution < -0.4 is 5.32 Å². The molecular weight excluding hydrogens is 577 g/mol. The second-order valence-electron chi connectivity index (χ2n) is 8.68. The first-order valence-corrected chi connectivity index (χ1v) is 14.0. The highest BCUT2D eigenvalue weighted by molar-refractivity contribution is 7.54. The average molecular weight is 613 g/mol. The van der Waals surface area contributed by atoms with E-state index in [0.29, 0.717) is 11.1 Å². The predicted octanol–water partition coefficient (Wildman–Crippen LogP) is 5.17. The second-order valence-corrected chi connectivity index (χ2v) is 10.9. The summed E-state index contributed by atoms with van der Waals surface area (Å²) in [5, 5.41) is 2.95. The lowest BCUT2D eigenvalue weighted by molar-refractivity contribution is -0.160. The van der Waals surface area contributed by atoms with E-state index in [1.807, 2.05) is 0 Å². The van der Waals surface area contributed by atoms with Crippen molar-refractivity contribution in [2.75, 3.05) is 27.2 Å². The van der Waals surface area contributed by atoms with Gasteiger partial charge in [0, 0.05) is 20.0 Å². The molecule has 41 heavy (non-hydrogen) atoms. The number of amides is 2. The van der Waals surface area contributed by atoms with Crippen LogP contribution in [0.1, 0.15) is 58.7 Å². The minimum absolute atomic E-state index is 0.137. The van der Waals surface area contributed by atoms with E-state index in [9.17, 15) is 32.5 Å². The summed E-state index contributed by atoms with van der Waals surface area (Å²) in [6.07, 6.45) is -5.23. The van der Waals surface area contributed by atoms with Gasteiger partial charge in [-0.25, -0.2) is 23.2 Å². The Labute approximate surface area is 235 Å². The molecule has 0 aliphatic rings. The Bertz CT molecular complexity index is 1060. The van der Waals surface area contributed by atoms with Gasteiger partial charge in [-0.2, -0.15) is 5.06 Å². The van der Waals surface area contributed by atoms with Gasteiger partial charge in [0.05, 0.1) is 17.9 Å². The SMILES string of the molecule is CCNC(=O)ON(C)C(=O)CCC(c1ccc(F)c(F)c1)P(=O)(OCOC(=O)OC(C)C)OCOC(=O)OC(C)C. The molecular formula is C24H35F2N2O12P. The molecule has 0 fully saturated rings. The van der Waals surface area contributed by atoms with Crippen molar-refractivity contribution in [3.8, 4) is 0 Å². The fraction of sp³-hybridized carbons (Fsp3) is 0.583. The maximum atomic E-state index is 14.2. The predicted molar refractivity (Wildman–Crippen MR) is 136 cm³/mol. The lowest BCUT2D eigenvalue weighted by Crippen LogP contribution is -2.35. The molecule has 1 N–H and O–H groups in total. The highest BCUT2D eigenvalue weighted by Gasteiger charge is 2.39. The van der Waals surface area contributed by atoms with Crippen LogP contribution in [0.3, 0.4) is 0 Å². The zero-order valence-electron chi connectivity index (χ0n) is 23.5. The lowest BCUT2D eigenvalue weighted by atomic mass is 10.1. The van der Waals surface area contributed by atoms with Crippen molar-refractivity contribution in [3.05, 3.63) is 35.4 Å². The van der Waals surface area contributed by atoms with Crippen LogP contribution in [-0.2, 0) is 42.2 Å². The summed E-state index contributed by atoms with van der Waals surface area (Å²) >= 11 is 0. The second kappa shape index (κ2) is 17.4. The molecule has 0 aliphatic heterocycles. The minimum Gasteiger partial charge on any atom is -0.432 e. The summed E-state index contributed by atoms with van der Waals surface area (Å²) in [5.74, 6) is -3.30. The molecule has 1 aromatic rings. The van der Waals surface area contributed by atoms with Crippen molar-refractivity contribution < 1.29 is 65.4 Å². The third kappa shape index (κ3) is 13.1. The van der Waals surface area contributed by atoms with Gasteiger partial charge >= 0.3 is 26.0 Å². The van der Waals surface area contributed by atoms with Gasteiger partial charge in [0.25, 0.3) is 5.91 Å². The van der Waals surface area contributed by atoms with Gasteiger partial charge in [-0.3, -0.25) is 18.4 Å². The summed E-state index contributed by atoms with van der Waals surface area (Å²) < 4.78 is 71.5. The Hall–Kier alpha value is -3.49. The van der Waals surface area contributed by atoms with Crippen molar-refractivity contribution in [1.82, 2.24) is 10.4 Å². The van der Waals surface area contributed by atoms with Crippen LogP contribution in [-0.4, -0.2) is 68.8 Å². The fourth-order valence-corrected chi connectivity index (χ4v) is 4.77. The Morgan fingerprint density at radius 1 is 0.927 bits per heavy atom. The number of carbonyl (C=O) groups is 4. The van der Waals surface area contributed by atoms with Crippen LogP contribution in [0.15, 0.2) is 18.2 Å². The smallest absolute Gasteiger partial charge is 0.432 e. The number of benzene rings is 1. The van der Waals surface area contributed by atoms with Crippen molar-refractivity contribution in [1.29, 1.82) is 0 Å². The summed E-state index contributed by atoms with van der Waals surface area (Å²) in [7, 11) is -3.49. The van der Waals surface area contributed by atoms with E-state index in [0.717, 1.165) is 19.2 Å². The molecule has 2 amide bonds. The van der Waals surface area contributed by atoms with E-state index >= 15 is 0 Å². The van der Waals surface area contributed by atoms with Crippen LogP contribution in [0.25, 0.3) is 0 Å². The Kier molecular flexibility index (Phi) is 15.0. The van der Waals surface area contributed by atoms with Crippen LogP contribution in [0.2, 0.25) is 0 Å². The third-order valence-corrected chi connectivity index (χ3v) is 6.97. The largest absolute Gasteiger partial charge is 0.510 e. The highest BCUT2D eigenvalue weighted by atomic mass is 31.2. The topological polar surface area (TPSA) is 165 Å². The van der Waals surface area contributed by atoms with Gasteiger partial charge in [-0.1, -0.05) is 6.07 Å². The first-order chi connectivity index (χ1) is 19.2. The van der Waals surface area contributed by atoms with E-state index in [1.165, 1.54) is 0 Å². The molecule has 232 valence electrons. The Morgan fingerprint density at radius 2 is 1.46 bits per heavy atom. The molecule has 1 rings (SSSR count). The zero-order chi connectivity index (χ0) is 31.2. The van der Waals surface area contributed by atoms with Gasteiger partial charge in [0.1, 0.15) is 0 Å². The molecule has 0 heterocycles. The van der Waals surface area contributed by atoms with Gasteiger partial charge in [0.2, 0.25) is 13.6 Å². The van der Waals surface area contributed by atoms with E-state index in [2.05, 4.69) is 5.32 Å². The molecule has 1 aromatic carbocycles. The maximum absolute atomic E-state index is 14.2. The fourth-order valence-electron chi connectivity index (χ4n) is 2.96. The number of hydrogen-bond donors (Lipinski definition) is 1. The van der Waals surface area contributed by atoms with E-state index < -0.39 is 87.8 Å². The van der Waals surface area contributed by atoms with Crippen molar-refractivity contribution in [3.63, 3.8) is 0 Å². The van der Waals surface area contributed by atoms with Crippen molar-refractivity contribution in [2.24, 2.45) is 0 Å². The summed E-state index contributed by atoms with van der Waals surface area (Å²) in [5.41, 5.74) is -1.64. The van der Waals surface area contributed by atoms with Crippen molar-refractivity contribution >= 4 is 31.9 Å². The van der Waals surface area contributed by atoms with E-state index in [1.54, 1.807) is 34.6 Å². The summed E-state index contributed by atoms with van der Waals surface area (Å²) in [6, 6.07) is 2.53. The number of carbonyl (C=O) groups excluding carboxylic acids is 4. The Balaban J connectivity index is 3.26. The number of hydrogen-bond acceptors (Lipinski definition) is 12. The molecule has 0 saturated heterocycles. The van der Waals surface area contributed by atoms with Gasteiger partial charge in [0.15, 0.2) is 11.6 Å². The molecule has 1 unspecified atom stereocenters. The molecule has 0 radical (unpaired) electrons. The number of halogens is 2. The summed E-state index contributed by atoms with van der Waals surface area (Å²) in [4.78, 5) is 52.6. The molecule has 17 heteroatoms. The van der Waals surface area contributed by atoms with Crippen molar-refractivity contribution in [2.45, 2.75) is 65.3 Å². The molecule has 0 aliphatic carbocycles.